The zero-order chi connectivity index (χ0) is 17.4. The van der Waals surface area contributed by atoms with Crippen molar-refractivity contribution in [2.75, 3.05) is 19.8 Å². The topological polar surface area (TPSA) is 44.8 Å². The van der Waals surface area contributed by atoms with Crippen LogP contribution in [0.5, 0.6) is 0 Å². The second kappa shape index (κ2) is 12.0. The van der Waals surface area contributed by atoms with Crippen molar-refractivity contribution in [2.45, 2.75) is 41.3 Å². The second-order valence-electron chi connectivity index (χ2n) is 4.10. The number of ether oxygens (including phenoxy) is 1. The highest BCUT2D eigenvalue weighted by molar-refractivity contribution is 5.81. The predicted molar refractivity (Wildman–Crippen MR) is 80.2 cm³/mol. The summed E-state index contributed by atoms with van der Waals surface area (Å²) in [4.78, 5) is 20.9. The average Bonchev–Trinajstić information content (AvgIpc) is 2.37. The fourth-order valence-corrected chi connectivity index (χ4v) is 1.78. The molecule has 4 nitrogen and oxygen atoms in total. The lowest BCUT2D eigenvalue weighted by Crippen LogP contribution is -2.44. The van der Waals surface area contributed by atoms with E-state index in [0.717, 1.165) is 6.08 Å². The maximum Gasteiger partial charge on any atom is 0.419 e. The Bertz CT molecular complexity index is 417. The molecule has 0 aromatic rings. The van der Waals surface area contributed by atoms with E-state index >= 15 is 0 Å². The van der Waals surface area contributed by atoms with E-state index in [2.05, 4.69) is 21.1 Å². The average molecular weight is 364 g/mol. The first-order valence-corrected chi connectivity index (χ1v) is 6.32. The Hall–Kier alpha value is -1.48. The van der Waals surface area contributed by atoms with Crippen molar-refractivity contribution in [1.29, 1.82) is 0 Å². The third-order valence-corrected chi connectivity index (χ3v) is 2.62. The van der Waals surface area contributed by atoms with E-state index in [1.54, 1.807) is 0 Å². The molecule has 1 unspecified atom stereocenters. The Morgan fingerprint density at radius 3 is 1.96 bits per heavy atom. The number of alkyl halides is 3. The third-order valence-electron chi connectivity index (χ3n) is 2.62. The number of hydrogen-bond donors (Lipinski definition) is 0. The van der Waals surface area contributed by atoms with Crippen molar-refractivity contribution in [3.05, 3.63) is 24.3 Å². The summed E-state index contributed by atoms with van der Waals surface area (Å²) in [5.74, 6) is -1.49. The van der Waals surface area contributed by atoms with E-state index in [1.807, 2.05) is 0 Å². The van der Waals surface area contributed by atoms with Crippen molar-refractivity contribution < 1.29 is 41.3 Å². The molecule has 0 N–H and O–H groups in total. The van der Waals surface area contributed by atoms with E-state index in [9.17, 15) is 26.7 Å². The summed E-state index contributed by atoms with van der Waals surface area (Å²) in [6.07, 6.45) is -8.35. The number of carbonyl (C=O) groups is 1. The Morgan fingerprint density at radius 1 is 1.08 bits per heavy atom. The molecule has 0 aromatic carbocycles. The van der Waals surface area contributed by atoms with Gasteiger partial charge in [-0.05, 0) is 20.3 Å². The summed E-state index contributed by atoms with van der Waals surface area (Å²) >= 11 is 0. The van der Waals surface area contributed by atoms with Crippen LogP contribution in [0.15, 0.2) is 24.3 Å². The summed E-state index contributed by atoms with van der Waals surface area (Å²) in [5, 5.41) is 0. The Kier molecular flexibility index (Phi) is 13.6. The van der Waals surface area contributed by atoms with E-state index in [-0.39, 0.29) is 28.1 Å². The van der Waals surface area contributed by atoms with Gasteiger partial charge in [-0.3, -0.25) is 4.79 Å². The monoisotopic (exact) mass is 364 g/mol. The molecule has 0 aromatic heterocycles. The first-order valence-electron chi connectivity index (χ1n) is 6.32. The lowest BCUT2D eigenvalue weighted by atomic mass is 9.77. The number of rotatable bonds is 9. The van der Waals surface area contributed by atoms with Crippen molar-refractivity contribution in [2.24, 2.45) is 5.41 Å². The fourth-order valence-electron chi connectivity index (χ4n) is 1.78. The van der Waals surface area contributed by atoms with Crippen LogP contribution in [0.25, 0.3) is 0 Å². The van der Waals surface area contributed by atoms with Crippen LogP contribution in [-0.2, 0) is 19.3 Å². The molecule has 0 amide bonds. The molecule has 0 aliphatic carbocycles. The number of hydrogen-bond acceptors (Lipinski definition) is 4. The van der Waals surface area contributed by atoms with Gasteiger partial charge in [0.1, 0.15) is 17.6 Å². The summed E-state index contributed by atoms with van der Waals surface area (Å²) in [6.45, 7) is 4.59. The number of carbonyl (C=O) groups excluding carboxylic acids is 1. The smallest absolute Gasteiger partial charge is 0.419 e. The fraction of sp³-hybridized carbons (Fsp3) is 0.667. The van der Waals surface area contributed by atoms with Gasteiger partial charge in [0.25, 0.3) is 6.08 Å². The molecule has 0 fully saturated rings. The third kappa shape index (κ3) is 6.96. The highest BCUT2D eigenvalue weighted by atomic mass is 19.4. The number of halogens is 5. The molecule has 24 heavy (non-hydrogen) atoms. The summed E-state index contributed by atoms with van der Waals surface area (Å²) < 4.78 is 69.5. The molecule has 0 radical (unpaired) electrons. The normalized spacial score (nSPS) is 13.0. The van der Waals surface area contributed by atoms with Gasteiger partial charge in [0.15, 0.2) is 0 Å². The molecule has 1 atom stereocenters. The molecule has 0 aliphatic heterocycles. The van der Waals surface area contributed by atoms with Gasteiger partial charge in [-0.25, -0.2) is 9.78 Å². The lowest BCUT2D eigenvalue weighted by Gasteiger charge is -2.32. The van der Waals surface area contributed by atoms with Crippen LogP contribution in [0.4, 0.5) is 22.0 Å². The van der Waals surface area contributed by atoms with Gasteiger partial charge in [-0.1, -0.05) is 20.9 Å². The van der Waals surface area contributed by atoms with Crippen molar-refractivity contribution in [3.8, 4) is 0 Å². The minimum Gasteiger partial charge on any atom is -0.465 e. The van der Waals surface area contributed by atoms with Gasteiger partial charge in [0, 0.05) is 0 Å². The molecule has 0 bridgehead atoms. The van der Waals surface area contributed by atoms with Crippen molar-refractivity contribution >= 4 is 5.97 Å². The zero-order valence-electron chi connectivity index (χ0n) is 12.1. The van der Waals surface area contributed by atoms with E-state index in [4.69, 9.17) is 0 Å². The molecule has 0 spiro atoms. The van der Waals surface area contributed by atoms with Gasteiger partial charge < -0.3 is 4.74 Å². The molecular weight excluding hydrogens is 339 g/mol. The van der Waals surface area contributed by atoms with Gasteiger partial charge in [-0.2, -0.15) is 22.0 Å². The summed E-state index contributed by atoms with van der Waals surface area (Å²) in [6, 6.07) is 0. The van der Waals surface area contributed by atoms with Crippen molar-refractivity contribution in [1.82, 2.24) is 0 Å². The van der Waals surface area contributed by atoms with Crippen LogP contribution in [-0.4, -0.2) is 32.0 Å². The minimum atomic E-state index is -5.45. The standard InChI is InChI=1S/C13H17F5O4.2CH4/c1-4-7-12(8-22-21-6-3,11(19)20-5-2)9(10(14)15)13(16,17)18;;/h4H,1,5-8H2,2-3H3;2*1H4. The largest absolute Gasteiger partial charge is 0.465 e. The van der Waals surface area contributed by atoms with E-state index in [1.165, 1.54) is 13.8 Å². The van der Waals surface area contributed by atoms with Gasteiger partial charge in [0.05, 0.1) is 13.2 Å². The Morgan fingerprint density at radius 2 is 1.62 bits per heavy atom. The molecule has 9 heteroatoms. The maximum absolute atomic E-state index is 13.0. The molecule has 0 aliphatic rings. The van der Waals surface area contributed by atoms with Crippen LogP contribution in [0.1, 0.15) is 35.1 Å². The predicted octanol–water partition coefficient (Wildman–Crippen LogP) is 5.07. The number of esters is 1. The van der Waals surface area contributed by atoms with Crippen LogP contribution in [0.3, 0.4) is 0 Å². The van der Waals surface area contributed by atoms with Gasteiger partial charge in [0.2, 0.25) is 0 Å². The Labute approximate surface area is 139 Å². The summed E-state index contributed by atoms with van der Waals surface area (Å²) in [7, 11) is 0. The maximum atomic E-state index is 13.0. The zero-order valence-corrected chi connectivity index (χ0v) is 12.1. The first-order chi connectivity index (χ1) is 10.2. The molecule has 144 valence electrons. The van der Waals surface area contributed by atoms with Gasteiger partial charge >= 0.3 is 12.1 Å². The quantitative estimate of drug-likeness (QED) is 0.143. The highest BCUT2D eigenvalue weighted by Crippen LogP contribution is 2.46. The Balaban J connectivity index is -0.00000220. The molecular formula is C15H25F5O4. The number of allylic oxidation sites excluding steroid dienone is 1. The van der Waals surface area contributed by atoms with Crippen LogP contribution >= 0.6 is 0 Å². The van der Waals surface area contributed by atoms with Crippen LogP contribution in [0, 0.1) is 5.41 Å². The van der Waals surface area contributed by atoms with Crippen LogP contribution < -0.4 is 0 Å². The molecule has 0 heterocycles. The minimum absolute atomic E-state index is 0. The van der Waals surface area contributed by atoms with Crippen molar-refractivity contribution in [3.63, 3.8) is 0 Å². The lowest BCUT2D eigenvalue weighted by molar-refractivity contribution is -0.306. The molecule has 0 saturated carbocycles. The highest BCUT2D eigenvalue weighted by Gasteiger charge is 2.57. The first kappa shape index (κ1) is 27.4. The van der Waals surface area contributed by atoms with E-state index < -0.39 is 42.2 Å². The summed E-state index contributed by atoms with van der Waals surface area (Å²) in [5.41, 5.74) is -5.11. The van der Waals surface area contributed by atoms with Gasteiger partial charge in [-0.15, -0.1) is 6.58 Å². The molecule has 0 saturated heterocycles. The molecule has 0 rings (SSSR count). The van der Waals surface area contributed by atoms with E-state index in [0.29, 0.717) is 0 Å². The SMILES string of the molecule is C.C.C=CCC(COOCC)(C(=O)OCC)C(=C(F)F)C(F)(F)F. The van der Waals surface area contributed by atoms with Crippen LogP contribution in [0.2, 0.25) is 0 Å². The second-order valence-corrected chi connectivity index (χ2v) is 4.10.